The molecule has 0 bridgehead atoms. The maximum atomic E-state index is 11.9. The molecule has 1 atom stereocenters. The fourth-order valence-electron chi connectivity index (χ4n) is 2.16. The van der Waals surface area contributed by atoms with Gasteiger partial charge in [0.15, 0.2) is 0 Å². The average molecular weight is 251 g/mol. The molecule has 1 fully saturated rings. The van der Waals surface area contributed by atoms with Crippen LogP contribution in [0.25, 0.3) is 0 Å². The van der Waals surface area contributed by atoms with E-state index < -0.39 is 0 Å². The minimum atomic E-state index is 0.136. The Kier molecular flexibility index (Phi) is 4.07. The molecule has 1 saturated heterocycles. The molecular weight excluding hydrogens is 234 g/mol. The molecule has 1 aromatic rings. The van der Waals surface area contributed by atoms with Crippen LogP contribution < -0.4 is 4.90 Å². The van der Waals surface area contributed by atoms with Gasteiger partial charge in [-0.2, -0.15) is 12.6 Å². The van der Waals surface area contributed by atoms with E-state index in [4.69, 9.17) is 5.11 Å². The van der Waals surface area contributed by atoms with Crippen molar-refractivity contribution in [3.8, 4) is 0 Å². The lowest BCUT2D eigenvalue weighted by atomic mass is 10.1. The Bertz CT molecular complexity index is 408. The molecule has 0 spiro atoms. The van der Waals surface area contributed by atoms with Gasteiger partial charge in [0, 0.05) is 25.3 Å². The van der Waals surface area contributed by atoms with Crippen LogP contribution in [0, 0.1) is 5.92 Å². The second kappa shape index (κ2) is 5.56. The lowest BCUT2D eigenvalue weighted by molar-refractivity contribution is -0.117. The maximum absolute atomic E-state index is 11.9. The molecule has 1 aliphatic rings. The van der Waals surface area contributed by atoms with Gasteiger partial charge in [0.2, 0.25) is 5.91 Å². The van der Waals surface area contributed by atoms with Gasteiger partial charge in [-0.3, -0.25) is 4.79 Å². The molecule has 17 heavy (non-hydrogen) atoms. The van der Waals surface area contributed by atoms with E-state index in [1.54, 1.807) is 0 Å². The predicted octanol–water partition coefficient (Wildman–Crippen LogP) is 1.50. The van der Waals surface area contributed by atoms with Crippen LogP contribution >= 0.6 is 12.6 Å². The van der Waals surface area contributed by atoms with E-state index in [1.807, 2.05) is 29.2 Å². The van der Waals surface area contributed by atoms with Crippen LogP contribution in [0.15, 0.2) is 24.3 Å². The van der Waals surface area contributed by atoms with E-state index in [-0.39, 0.29) is 12.5 Å². The van der Waals surface area contributed by atoms with Gasteiger partial charge in [-0.05, 0) is 35.8 Å². The summed E-state index contributed by atoms with van der Waals surface area (Å²) in [6.07, 6.45) is 1.22. The maximum Gasteiger partial charge on any atom is 0.227 e. The van der Waals surface area contributed by atoms with Crippen LogP contribution in [-0.4, -0.2) is 29.9 Å². The van der Waals surface area contributed by atoms with Crippen molar-refractivity contribution in [1.29, 1.82) is 0 Å². The minimum Gasteiger partial charge on any atom is -0.396 e. The average Bonchev–Trinajstić information content (AvgIpc) is 2.71. The summed E-state index contributed by atoms with van der Waals surface area (Å²) in [5, 5.41) is 8.92. The van der Waals surface area contributed by atoms with Crippen molar-refractivity contribution < 1.29 is 9.90 Å². The first-order chi connectivity index (χ1) is 8.24. The van der Waals surface area contributed by atoms with Crippen molar-refractivity contribution in [1.82, 2.24) is 0 Å². The number of thiol groups is 1. The van der Waals surface area contributed by atoms with Crippen LogP contribution in [0.5, 0.6) is 0 Å². The number of aliphatic hydroxyl groups excluding tert-OH is 1. The number of amides is 1. The number of carbonyl (C=O) groups excluding carboxylic acids is 1. The van der Waals surface area contributed by atoms with Crippen molar-refractivity contribution in [3.63, 3.8) is 0 Å². The molecule has 0 aromatic heterocycles. The summed E-state index contributed by atoms with van der Waals surface area (Å²) in [4.78, 5) is 13.7. The zero-order valence-electron chi connectivity index (χ0n) is 9.67. The highest BCUT2D eigenvalue weighted by Gasteiger charge is 2.29. The van der Waals surface area contributed by atoms with Gasteiger partial charge in [0.05, 0.1) is 0 Å². The van der Waals surface area contributed by atoms with Crippen LogP contribution in [0.3, 0.4) is 0 Å². The standard InChI is InChI=1S/C13H17NO2S/c15-5-4-10-2-1-3-12(6-10)14-8-11(9-17)7-13(14)16/h1-3,6,11,15,17H,4-5,7-9H2. The number of benzene rings is 1. The number of anilines is 1. The second-order valence-electron chi connectivity index (χ2n) is 4.40. The van der Waals surface area contributed by atoms with Crippen LogP contribution in [0.4, 0.5) is 5.69 Å². The van der Waals surface area contributed by atoms with Crippen molar-refractivity contribution in [2.24, 2.45) is 5.92 Å². The largest absolute Gasteiger partial charge is 0.396 e. The number of nitrogens with zero attached hydrogens (tertiary/aromatic N) is 1. The summed E-state index contributed by atoms with van der Waals surface area (Å²) in [5.74, 6) is 1.27. The fourth-order valence-corrected chi connectivity index (χ4v) is 2.41. The van der Waals surface area contributed by atoms with Crippen molar-refractivity contribution >= 4 is 24.2 Å². The van der Waals surface area contributed by atoms with E-state index in [0.29, 0.717) is 18.8 Å². The molecule has 0 aliphatic carbocycles. The van der Waals surface area contributed by atoms with E-state index in [1.165, 1.54) is 0 Å². The van der Waals surface area contributed by atoms with Gasteiger partial charge in [-0.15, -0.1) is 0 Å². The van der Waals surface area contributed by atoms with Gasteiger partial charge in [0.1, 0.15) is 0 Å². The Balaban J connectivity index is 2.16. The van der Waals surface area contributed by atoms with E-state index in [2.05, 4.69) is 12.6 Å². The number of carbonyl (C=O) groups is 1. The van der Waals surface area contributed by atoms with Crippen LogP contribution in [0.2, 0.25) is 0 Å². The third-order valence-corrected chi connectivity index (χ3v) is 3.60. The highest BCUT2D eigenvalue weighted by atomic mass is 32.1. The lowest BCUT2D eigenvalue weighted by Gasteiger charge is -2.17. The van der Waals surface area contributed by atoms with Crippen LogP contribution in [0.1, 0.15) is 12.0 Å². The molecule has 92 valence electrons. The van der Waals surface area contributed by atoms with Crippen LogP contribution in [-0.2, 0) is 11.2 Å². The SMILES string of the molecule is O=C1CC(CS)CN1c1cccc(CCO)c1. The second-order valence-corrected chi connectivity index (χ2v) is 4.77. The first-order valence-electron chi connectivity index (χ1n) is 5.85. The van der Waals surface area contributed by atoms with Gasteiger partial charge in [0.25, 0.3) is 0 Å². The minimum absolute atomic E-state index is 0.136. The van der Waals surface area contributed by atoms with Gasteiger partial charge in [-0.1, -0.05) is 12.1 Å². The molecule has 2 rings (SSSR count). The molecule has 1 unspecified atom stereocenters. The quantitative estimate of drug-likeness (QED) is 0.796. The van der Waals surface area contributed by atoms with Gasteiger partial charge in [-0.25, -0.2) is 0 Å². The fraction of sp³-hybridized carbons (Fsp3) is 0.462. The molecule has 1 aromatic carbocycles. The van der Waals surface area contributed by atoms with E-state index in [9.17, 15) is 4.79 Å². The Morgan fingerprint density at radius 2 is 2.29 bits per heavy atom. The van der Waals surface area contributed by atoms with Crippen molar-refractivity contribution in [2.75, 3.05) is 23.8 Å². The number of rotatable bonds is 4. The molecular formula is C13H17NO2S. The molecule has 0 saturated carbocycles. The van der Waals surface area contributed by atoms with Gasteiger partial charge >= 0.3 is 0 Å². The summed E-state index contributed by atoms with van der Waals surface area (Å²) >= 11 is 4.25. The highest BCUT2D eigenvalue weighted by Crippen LogP contribution is 2.26. The number of hydrogen-bond donors (Lipinski definition) is 2. The zero-order chi connectivity index (χ0) is 12.3. The molecule has 4 heteroatoms. The van der Waals surface area contributed by atoms with E-state index in [0.717, 1.165) is 23.5 Å². The molecule has 3 nitrogen and oxygen atoms in total. The summed E-state index contributed by atoms with van der Waals surface area (Å²) in [5.41, 5.74) is 2.00. The predicted molar refractivity (Wildman–Crippen MR) is 71.5 cm³/mol. The zero-order valence-corrected chi connectivity index (χ0v) is 10.6. The van der Waals surface area contributed by atoms with Gasteiger partial charge < -0.3 is 10.0 Å². The number of aliphatic hydroxyl groups is 1. The molecule has 1 N–H and O–H groups in total. The monoisotopic (exact) mass is 251 g/mol. The smallest absolute Gasteiger partial charge is 0.227 e. The molecule has 1 heterocycles. The number of hydrogen-bond acceptors (Lipinski definition) is 3. The lowest BCUT2D eigenvalue weighted by Crippen LogP contribution is -2.24. The summed E-state index contributed by atoms with van der Waals surface area (Å²) < 4.78 is 0. The summed E-state index contributed by atoms with van der Waals surface area (Å²) in [7, 11) is 0. The Morgan fingerprint density at radius 3 is 2.94 bits per heavy atom. The third-order valence-electron chi connectivity index (χ3n) is 3.09. The van der Waals surface area contributed by atoms with E-state index >= 15 is 0 Å². The molecule has 1 aliphatic heterocycles. The molecule has 1 amide bonds. The summed E-state index contributed by atoms with van der Waals surface area (Å²) in [6.45, 7) is 0.890. The molecule has 0 radical (unpaired) electrons. The van der Waals surface area contributed by atoms with Crippen molar-refractivity contribution in [2.45, 2.75) is 12.8 Å². The highest BCUT2D eigenvalue weighted by molar-refractivity contribution is 7.80. The first-order valence-corrected chi connectivity index (χ1v) is 6.49. The first kappa shape index (κ1) is 12.5. The normalized spacial score (nSPS) is 20.0. The Labute approximate surface area is 107 Å². The Hall–Kier alpha value is -1.00. The topological polar surface area (TPSA) is 40.5 Å². The third kappa shape index (κ3) is 2.82. The van der Waals surface area contributed by atoms with Crippen molar-refractivity contribution in [3.05, 3.63) is 29.8 Å². The Morgan fingerprint density at radius 1 is 1.47 bits per heavy atom. The summed E-state index contributed by atoms with van der Waals surface area (Å²) in [6, 6.07) is 7.83.